The fourth-order valence-corrected chi connectivity index (χ4v) is 3.91. The first-order valence-electron chi connectivity index (χ1n) is 10.7. The minimum absolute atomic E-state index is 0.200. The van der Waals surface area contributed by atoms with Crippen molar-refractivity contribution in [1.82, 2.24) is 0 Å². The lowest BCUT2D eigenvalue weighted by molar-refractivity contribution is 0.459. The normalized spacial score (nSPS) is 10.8. The van der Waals surface area contributed by atoms with Crippen LogP contribution in [0, 0.1) is 27.7 Å². The van der Waals surface area contributed by atoms with Gasteiger partial charge in [-0.2, -0.15) is 0 Å². The Morgan fingerprint density at radius 2 is 1.12 bits per heavy atom. The van der Waals surface area contributed by atoms with Gasteiger partial charge in [-0.25, -0.2) is 0 Å². The first-order chi connectivity index (χ1) is 15.7. The summed E-state index contributed by atoms with van der Waals surface area (Å²) in [5.41, 5.74) is 5.62. The molecule has 0 aliphatic rings. The number of hydrogen-bond acceptors (Lipinski definition) is 5. The lowest BCUT2D eigenvalue weighted by atomic mass is 10.1. The highest BCUT2D eigenvalue weighted by atomic mass is 16.5. The second-order valence-corrected chi connectivity index (χ2v) is 8.26. The number of benzene rings is 4. The van der Waals surface area contributed by atoms with Crippen LogP contribution < -0.4 is 9.64 Å². The van der Waals surface area contributed by atoms with Gasteiger partial charge in [-0.15, -0.1) is 0 Å². The van der Waals surface area contributed by atoms with Gasteiger partial charge in [0.05, 0.1) is 5.69 Å². The van der Waals surface area contributed by atoms with E-state index in [1.807, 2.05) is 81.1 Å². The number of nitrogens with zero attached hydrogens (tertiary/aromatic N) is 1. The quantitative estimate of drug-likeness (QED) is 0.303. The Labute approximate surface area is 193 Å². The Kier molecular flexibility index (Phi) is 5.88. The van der Waals surface area contributed by atoms with Crippen LogP contribution >= 0.6 is 0 Å². The molecule has 0 bridgehead atoms. The molecule has 5 nitrogen and oxygen atoms in total. The summed E-state index contributed by atoms with van der Waals surface area (Å²) in [6.07, 6.45) is 0. The summed E-state index contributed by atoms with van der Waals surface area (Å²) >= 11 is 0. The van der Waals surface area contributed by atoms with E-state index in [1.54, 1.807) is 24.3 Å². The maximum absolute atomic E-state index is 10.1. The van der Waals surface area contributed by atoms with Crippen molar-refractivity contribution in [3.63, 3.8) is 0 Å². The molecule has 0 aliphatic carbocycles. The van der Waals surface area contributed by atoms with Gasteiger partial charge in [0.25, 0.3) is 0 Å². The molecule has 3 N–H and O–H groups in total. The Morgan fingerprint density at radius 1 is 0.606 bits per heavy atom. The van der Waals surface area contributed by atoms with Crippen molar-refractivity contribution >= 4 is 17.1 Å². The number of phenolic OH excluding ortho intramolecular Hbond substituents is 3. The van der Waals surface area contributed by atoms with Crippen LogP contribution in [0.25, 0.3) is 0 Å². The van der Waals surface area contributed by atoms with Crippen molar-refractivity contribution < 1.29 is 20.1 Å². The Morgan fingerprint density at radius 3 is 1.64 bits per heavy atom. The van der Waals surface area contributed by atoms with E-state index in [1.165, 1.54) is 0 Å². The third-order valence-electron chi connectivity index (χ3n) is 5.64. The number of aryl methyl sites for hydroxylation is 4. The highest BCUT2D eigenvalue weighted by molar-refractivity contribution is 5.81. The molecule has 0 spiro atoms. The van der Waals surface area contributed by atoms with Crippen LogP contribution in [0.2, 0.25) is 0 Å². The van der Waals surface area contributed by atoms with Gasteiger partial charge in [-0.3, -0.25) is 0 Å². The molecule has 0 fully saturated rings. The van der Waals surface area contributed by atoms with E-state index in [4.69, 9.17) is 4.74 Å². The molecule has 0 aromatic heterocycles. The minimum Gasteiger partial charge on any atom is -0.508 e. The summed E-state index contributed by atoms with van der Waals surface area (Å²) in [6, 6.07) is 21.9. The van der Waals surface area contributed by atoms with E-state index in [-0.39, 0.29) is 17.2 Å². The monoisotopic (exact) mass is 441 g/mol. The average molecular weight is 442 g/mol. The number of anilines is 3. The summed E-state index contributed by atoms with van der Waals surface area (Å²) in [4.78, 5) is 2.03. The van der Waals surface area contributed by atoms with Crippen LogP contribution in [0.5, 0.6) is 28.7 Å². The van der Waals surface area contributed by atoms with Crippen LogP contribution in [-0.4, -0.2) is 15.3 Å². The summed E-state index contributed by atoms with van der Waals surface area (Å²) in [5, 5.41) is 30.1. The van der Waals surface area contributed by atoms with E-state index >= 15 is 0 Å². The third kappa shape index (κ3) is 4.44. The first kappa shape index (κ1) is 22.1. The number of rotatable bonds is 5. The maximum atomic E-state index is 10.1. The topological polar surface area (TPSA) is 73.2 Å². The van der Waals surface area contributed by atoms with Gasteiger partial charge in [-0.1, -0.05) is 12.1 Å². The lowest BCUT2D eigenvalue weighted by Crippen LogP contribution is -2.11. The molecule has 0 heterocycles. The van der Waals surface area contributed by atoms with Gasteiger partial charge in [-0.05, 0) is 111 Å². The second kappa shape index (κ2) is 8.79. The zero-order chi connectivity index (χ0) is 23.7. The molecule has 0 amide bonds. The molecule has 5 heteroatoms. The standard InChI is InChI=1S/C28H27NO4/c1-17-13-21(9-11-25(17)31)29(22-10-12-26(32)18(2)14-22)24-7-5-6-8-27(24)33-28-19(3)15-23(30)16-20(28)4/h5-16,30-32H,1-4H3. The molecule has 4 aromatic carbocycles. The molecule has 0 saturated carbocycles. The number of phenols is 3. The molecule has 0 saturated heterocycles. The molecule has 4 rings (SSSR count). The fourth-order valence-electron chi connectivity index (χ4n) is 3.91. The number of hydrogen-bond donors (Lipinski definition) is 3. The molecular weight excluding hydrogens is 414 g/mol. The summed E-state index contributed by atoms with van der Waals surface area (Å²) < 4.78 is 6.41. The number of para-hydroxylation sites is 2. The maximum Gasteiger partial charge on any atom is 0.151 e. The second-order valence-electron chi connectivity index (χ2n) is 8.26. The average Bonchev–Trinajstić information content (AvgIpc) is 2.77. The third-order valence-corrected chi connectivity index (χ3v) is 5.64. The van der Waals surface area contributed by atoms with Crippen LogP contribution in [-0.2, 0) is 0 Å². The highest BCUT2D eigenvalue weighted by Gasteiger charge is 2.20. The van der Waals surface area contributed by atoms with Crippen LogP contribution in [0.1, 0.15) is 22.3 Å². The zero-order valence-corrected chi connectivity index (χ0v) is 19.1. The molecule has 0 atom stereocenters. The van der Waals surface area contributed by atoms with Gasteiger partial charge in [0.15, 0.2) is 5.75 Å². The highest BCUT2D eigenvalue weighted by Crippen LogP contribution is 2.44. The summed E-state index contributed by atoms with van der Waals surface area (Å²) in [6.45, 7) is 7.50. The number of aromatic hydroxyl groups is 3. The van der Waals surface area contributed by atoms with Gasteiger partial charge < -0.3 is 25.0 Å². The van der Waals surface area contributed by atoms with Crippen molar-refractivity contribution in [1.29, 1.82) is 0 Å². The van der Waals surface area contributed by atoms with Gasteiger partial charge in [0.2, 0.25) is 0 Å². The Hall–Kier alpha value is -4.12. The van der Waals surface area contributed by atoms with Gasteiger partial charge >= 0.3 is 0 Å². The van der Waals surface area contributed by atoms with Crippen molar-refractivity contribution in [3.8, 4) is 28.7 Å². The lowest BCUT2D eigenvalue weighted by Gasteiger charge is -2.28. The SMILES string of the molecule is Cc1cc(N(c2ccc(O)c(C)c2)c2ccccc2Oc2c(C)cc(O)cc2C)ccc1O. The molecule has 0 radical (unpaired) electrons. The van der Waals surface area contributed by atoms with Crippen molar-refractivity contribution in [2.45, 2.75) is 27.7 Å². The van der Waals surface area contributed by atoms with E-state index in [0.29, 0.717) is 11.5 Å². The molecule has 33 heavy (non-hydrogen) atoms. The zero-order valence-electron chi connectivity index (χ0n) is 19.1. The summed E-state index contributed by atoms with van der Waals surface area (Å²) in [5.74, 6) is 1.96. The van der Waals surface area contributed by atoms with E-state index < -0.39 is 0 Å². The van der Waals surface area contributed by atoms with Crippen molar-refractivity contribution in [3.05, 3.63) is 95.1 Å². The first-order valence-corrected chi connectivity index (χ1v) is 10.7. The number of ether oxygens (including phenoxy) is 1. The molecule has 4 aromatic rings. The van der Waals surface area contributed by atoms with Crippen molar-refractivity contribution in [2.75, 3.05) is 4.90 Å². The predicted molar refractivity (Wildman–Crippen MR) is 132 cm³/mol. The van der Waals surface area contributed by atoms with Crippen molar-refractivity contribution in [2.24, 2.45) is 0 Å². The largest absolute Gasteiger partial charge is 0.508 e. The van der Waals surface area contributed by atoms with Gasteiger partial charge in [0.1, 0.15) is 23.0 Å². The molecular formula is C28H27NO4. The summed E-state index contributed by atoms with van der Waals surface area (Å²) in [7, 11) is 0. The minimum atomic E-state index is 0.200. The molecule has 0 unspecified atom stereocenters. The van der Waals surface area contributed by atoms with Gasteiger partial charge in [0, 0.05) is 11.4 Å². The molecule has 168 valence electrons. The van der Waals surface area contributed by atoms with E-state index in [2.05, 4.69) is 0 Å². The Balaban J connectivity index is 1.90. The van der Waals surface area contributed by atoms with Crippen LogP contribution in [0.4, 0.5) is 17.1 Å². The van der Waals surface area contributed by atoms with Crippen LogP contribution in [0.15, 0.2) is 72.8 Å². The smallest absolute Gasteiger partial charge is 0.151 e. The molecule has 0 aliphatic heterocycles. The fraction of sp³-hybridized carbons (Fsp3) is 0.143. The predicted octanol–water partition coefficient (Wildman–Crippen LogP) is 7.30. The van der Waals surface area contributed by atoms with Crippen LogP contribution in [0.3, 0.4) is 0 Å². The van der Waals surface area contributed by atoms with E-state index in [0.717, 1.165) is 39.3 Å². The Bertz CT molecular complexity index is 1260. The van der Waals surface area contributed by atoms with E-state index in [9.17, 15) is 15.3 Å².